The van der Waals surface area contributed by atoms with Gasteiger partial charge in [0.05, 0.1) is 23.8 Å². The average Bonchev–Trinajstić information content (AvgIpc) is 2.72. The SMILES string of the molecule is CC1(C)CCc2c(sc(N)c2C(=O)N2CCOCC2)C1. The van der Waals surface area contributed by atoms with Crippen molar-refractivity contribution in [3.05, 3.63) is 16.0 Å². The van der Waals surface area contributed by atoms with Gasteiger partial charge in [-0.25, -0.2) is 0 Å². The van der Waals surface area contributed by atoms with Crippen LogP contribution in [0.4, 0.5) is 5.00 Å². The summed E-state index contributed by atoms with van der Waals surface area (Å²) in [7, 11) is 0. The van der Waals surface area contributed by atoms with Crippen molar-refractivity contribution in [3.63, 3.8) is 0 Å². The largest absolute Gasteiger partial charge is 0.390 e. The molecule has 1 saturated heterocycles. The van der Waals surface area contributed by atoms with Crippen molar-refractivity contribution < 1.29 is 9.53 Å². The van der Waals surface area contributed by atoms with E-state index in [0.717, 1.165) is 24.8 Å². The number of anilines is 1. The highest BCUT2D eigenvalue weighted by Crippen LogP contribution is 2.43. The Labute approximate surface area is 123 Å². The van der Waals surface area contributed by atoms with E-state index < -0.39 is 0 Å². The number of rotatable bonds is 1. The third kappa shape index (κ3) is 2.44. The molecule has 3 rings (SSSR count). The maximum absolute atomic E-state index is 12.7. The zero-order valence-corrected chi connectivity index (χ0v) is 13.0. The highest BCUT2D eigenvalue weighted by atomic mass is 32.1. The molecule has 5 heteroatoms. The number of morpholine rings is 1. The van der Waals surface area contributed by atoms with E-state index in [1.807, 2.05) is 4.90 Å². The first-order valence-corrected chi connectivity index (χ1v) is 8.07. The van der Waals surface area contributed by atoms with Crippen molar-refractivity contribution in [2.45, 2.75) is 33.1 Å². The highest BCUT2D eigenvalue weighted by molar-refractivity contribution is 7.16. The lowest BCUT2D eigenvalue weighted by atomic mass is 9.77. The van der Waals surface area contributed by atoms with Gasteiger partial charge >= 0.3 is 0 Å². The second-order valence-electron chi connectivity index (χ2n) is 6.49. The number of carbonyl (C=O) groups is 1. The first-order valence-electron chi connectivity index (χ1n) is 7.25. The summed E-state index contributed by atoms with van der Waals surface area (Å²) in [6, 6.07) is 0. The molecule has 0 saturated carbocycles. The van der Waals surface area contributed by atoms with Crippen LogP contribution in [0.5, 0.6) is 0 Å². The highest BCUT2D eigenvalue weighted by Gasteiger charge is 2.33. The Morgan fingerprint density at radius 2 is 2.05 bits per heavy atom. The van der Waals surface area contributed by atoms with E-state index in [9.17, 15) is 4.79 Å². The molecule has 0 unspecified atom stereocenters. The van der Waals surface area contributed by atoms with Gasteiger partial charge in [-0.05, 0) is 30.2 Å². The zero-order valence-electron chi connectivity index (χ0n) is 12.2. The molecule has 1 fully saturated rings. The van der Waals surface area contributed by atoms with Gasteiger partial charge in [-0.2, -0.15) is 0 Å². The van der Waals surface area contributed by atoms with Crippen LogP contribution < -0.4 is 5.73 Å². The molecule has 0 bridgehead atoms. The molecule has 4 nitrogen and oxygen atoms in total. The molecule has 1 aliphatic heterocycles. The van der Waals surface area contributed by atoms with Crippen LogP contribution in [0, 0.1) is 5.41 Å². The molecule has 110 valence electrons. The number of hydrogen-bond donors (Lipinski definition) is 1. The van der Waals surface area contributed by atoms with Crippen LogP contribution in [0.1, 0.15) is 41.1 Å². The molecular formula is C15H22N2O2S. The fourth-order valence-electron chi connectivity index (χ4n) is 3.09. The van der Waals surface area contributed by atoms with Crippen LogP contribution >= 0.6 is 11.3 Å². The summed E-state index contributed by atoms with van der Waals surface area (Å²) < 4.78 is 5.31. The van der Waals surface area contributed by atoms with Crippen LogP contribution in [0.15, 0.2) is 0 Å². The summed E-state index contributed by atoms with van der Waals surface area (Å²) in [5.41, 5.74) is 8.47. The van der Waals surface area contributed by atoms with Gasteiger partial charge in [-0.15, -0.1) is 11.3 Å². The molecule has 2 aliphatic rings. The molecule has 1 amide bonds. The fourth-order valence-corrected chi connectivity index (χ4v) is 4.45. The van der Waals surface area contributed by atoms with Gasteiger partial charge in [0.2, 0.25) is 0 Å². The second kappa shape index (κ2) is 5.04. The van der Waals surface area contributed by atoms with Gasteiger partial charge in [0.15, 0.2) is 0 Å². The van der Waals surface area contributed by atoms with Crippen LogP contribution in [0.25, 0.3) is 0 Å². The molecule has 2 heterocycles. The van der Waals surface area contributed by atoms with Crippen LogP contribution in [0.3, 0.4) is 0 Å². The molecule has 0 spiro atoms. The van der Waals surface area contributed by atoms with Crippen LogP contribution in [-0.4, -0.2) is 37.1 Å². The second-order valence-corrected chi connectivity index (χ2v) is 7.63. The van der Waals surface area contributed by atoms with Gasteiger partial charge in [0, 0.05) is 18.0 Å². The number of carbonyl (C=O) groups excluding carboxylic acids is 1. The number of hydrogen-bond acceptors (Lipinski definition) is 4. The summed E-state index contributed by atoms with van der Waals surface area (Å²) in [5.74, 6) is 0.100. The van der Waals surface area contributed by atoms with E-state index in [4.69, 9.17) is 10.5 Å². The van der Waals surface area contributed by atoms with Gasteiger partial charge < -0.3 is 15.4 Å². The molecule has 1 aliphatic carbocycles. The first kappa shape index (κ1) is 13.9. The summed E-state index contributed by atoms with van der Waals surface area (Å²) in [5, 5.41) is 0.698. The molecular weight excluding hydrogens is 272 g/mol. The minimum Gasteiger partial charge on any atom is -0.390 e. The van der Waals surface area contributed by atoms with E-state index in [1.165, 1.54) is 10.4 Å². The molecule has 1 aromatic heterocycles. The Morgan fingerprint density at radius 3 is 2.75 bits per heavy atom. The summed E-state index contributed by atoms with van der Waals surface area (Å²) in [6.07, 6.45) is 3.13. The predicted molar refractivity (Wildman–Crippen MR) is 81.3 cm³/mol. The molecule has 2 N–H and O–H groups in total. The lowest BCUT2D eigenvalue weighted by molar-refractivity contribution is 0.0303. The summed E-state index contributed by atoms with van der Waals surface area (Å²) >= 11 is 1.61. The third-order valence-corrected chi connectivity index (χ3v) is 5.38. The first-order chi connectivity index (χ1) is 9.48. The Balaban J connectivity index is 1.90. The number of nitrogen functional groups attached to an aromatic ring is 1. The molecule has 20 heavy (non-hydrogen) atoms. The number of nitrogens with zero attached hydrogens (tertiary/aromatic N) is 1. The van der Waals surface area contributed by atoms with Gasteiger partial charge in [-0.1, -0.05) is 13.8 Å². The van der Waals surface area contributed by atoms with Crippen molar-refractivity contribution in [2.75, 3.05) is 32.0 Å². The van der Waals surface area contributed by atoms with Gasteiger partial charge in [0.25, 0.3) is 5.91 Å². The van der Waals surface area contributed by atoms with Crippen molar-refractivity contribution in [3.8, 4) is 0 Å². The predicted octanol–water partition coefficient (Wildman–Crippen LogP) is 2.32. The molecule has 0 aromatic carbocycles. The topological polar surface area (TPSA) is 55.6 Å². The van der Waals surface area contributed by atoms with Crippen LogP contribution in [0.2, 0.25) is 0 Å². The minimum absolute atomic E-state index is 0.100. The Kier molecular flexibility index (Phi) is 3.50. The maximum atomic E-state index is 12.7. The number of fused-ring (bicyclic) bond motifs is 1. The van der Waals surface area contributed by atoms with E-state index in [-0.39, 0.29) is 5.91 Å². The molecule has 1 aromatic rings. The minimum atomic E-state index is 0.100. The third-order valence-electron chi connectivity index (χ3n) is 4.32. The Hall–Kier alpha value is -1.07. The van der Waals surface area contributed by atoms with Crippen LogP contribution in [-0.2, 0) is 17.6 Å². The van der Waals surface area contributed by atoms with E-state index >= 15 is 0 Å². The summed E-state index contributed by atoms with van der Waals surface area (Å²) in [6.45, 7) is 7.18. The van der Waals surface area contributed by atoms with E-state index in [2.05, 4.69) is 13.8 Å². The van der Waals surface area contributed by atoms with Crippen molar-refractivity contribution in [1.29, 1.82) is 0 Å². The number of amides is 1. The van der Waals surface area contributed by atoms with Crippen molar-refractivity contribution >= 4 is 22.2 Å². The quantitative estimate of drug-likeness (QED) is 0.865. The Morgan fingerprint density at radius 1 is 1.35 bits per heavy atom. The maximum Gasteiger partial charge on any atom is 0.257 e. The lowest BCUT2D eigenvalue weighted by Gasteiger charge is -2.31. The Bertz CT molecular complexity index is 530. The molecule has 0 atom stereocenters. The fraction of sp³-hybridized carbons (Fsp3) is 0.667. The van der Waals surface area contributed by atoms with E-state index in [1.54, 1.807) is 11.3 Å². The monoisotopic (exact) mass is 294 g/mol. The summed E-state index contributed by atoms with van der Waals surface area (Å²) in [4.78, 5) is 15.9. The van der Waals surface area contributed by atoms with Crippen molar-refractivity contribution in [2.24, 2.45) is 5.41 Å². The lowest BCUT2D eigenvalue weighted by Crippen LogP contribution is -2.41. The van der Waals surface area contributed by atoms with Gasteiger partial charge in [0.1, 0.15) is 0 Å². The zero-order chi connectivity index (χ0) is 14.3. The number of ether oxygens (including phenoxy) is 1. The number of thiophene rings is 1. The van der Waals surface area contributed by atoms with Gasteiger partial charge in [-0.3, -0.25) is 4.79 Å². The smallest absolute Gasteiger partial charge is 0.257 e. The number of nitrogens with two attached hydrogens (primary N) is 1. The molecule has 0 radical (unpaired) electrons. The van der Waals surface area contributed by atoms with Crippen molar-refractivity contribution in [1.82, 2.24) is 4.90 Å². The average molecular weight is 294 g/mol. The normalized spacial score (nSPS) is 21.6. The standard InChI is InChI=1S/C15H22N2O2S/c1-15(2)4-3-10-11(9-15)20-13(16)12(10)14(18)17-5-7-19-8-6-17/h3-9,16H2,1-2H3. The van der Waals surface area contributed by atoms with E-state index in [0.29, 0.717) is 36.7 Å².